The molecule has 0 aromatic rings. The van der Waals surface area contributed by atoms with Crippen molar-refractivity contribution in [3.8, 4) is 0 Å². The van der Waals surface area contributed by atoms with Gasteiger partial charge in [-0.15, -0.1) is 0 Å². The van der Waals surface area contributed by atoms with Crippen LogP contribution in [-0.2, 0) is 4.74 Å². The molecule has 0 spiro atoms. The molecule has 1 aliphatic rings. The minimum absolute atomic E-state index is 0.348. The summed E-state index contributed by atoms with van der Waals surface area (Å²) in [6.07, 6.45) is 4.36. The summed E-state index contributed by atoms with van der Waals surface area (Å²) in [5, 5.41) is 0. The van der Waals surface area contributed by atoms with Crippen LogP contribution in [0, 0.1) is 5.41 Å². The van der Waals surface area contributed by atoms with Crippen LogP contribution in [0.4, 0.5) is 0 Å². The van der Waals surface area contributed by atoms with E-state index in [0.29, 0.717) is 11.5 Å². The lowest BCUT2D eigenvalue weighted by Crippen LogP contribution is -2.32. The van der Waals surface area contributed by atoms with Crippen LogP contribution >= 0.6 is 0 Å². The third-order valence-electron chi connectivity index (χ3n) is 2.15. The molecule has 12 heavy (non-hydrogen) atoms. The van der Waals surface area contributed by atoms with Gasteiger partial charge < -0.3 is 4.74 Å². The van der Waals surface area contributed by atoms with E-state index in [2.05, 4.69) is 20.8 Å². The van der Waals surface area contributed by atoms with E-state index in [1.807, 2.05) is 13.8 Å². The molecular weight excluding hydrogens is 148 g/mol. The van der Waals surface area contributed by atoms with Gasteiger partial charge in [0.15, 0.2) is 0 Å². The lowest BCUT2D eigenvalue weighted by Gasteiger charge is -2.33. The fourth-order valence-electron chi connectivity index (χ4n) is 1.42. The van der Waals surface area contributed by atoms with Crippen molar-refractivity contribution < 1.29 is 4.74 Å². The molecule has 1 heterocycles. The molecule has 0 amide bonds. The highest BCUT2D eigenvalue weighted by Gasteiger charge is 2.26. The van der Waals surface area contributed by atoms with E-state index in [-0.39, 0.29) is 0 Å². The topological polar surface area (TPSA) is 9.23 Å². The number of hydrogen-bond acceptors (Lipinski definition) is 1. The van der Waals surface area contributed by atoms with Crippen LogP contribution < -0.4 is 0 Å². The maximum Gasteiger partial charge on any atom is 0.0623 e. The second-order valence-corrected chi connectivity index (χ2v) is 4.22. The quantitative estimate of drug-likeness (QED) is 0.542. The van der Waals surface area contributed by atoms with Crippen molar-refractivity contribution in [2.75, 3.05) is 6.61 Å². The Bertz CT molecular complexity index is 96.1. The average molecular weight is 172 g/mol. The summed E-state index contributed by atoms with van der Waals surface area (Å²) in [5.74, 6) is 0. The summed E-state index contributed by atoms with van der Waals surface area (Å²) < 4.78 is 5.64. The van der Waals surface area contributed by atoms with Crippen molar-refractivity contribution in [2.45, 2.75) is 60.0 Å². The molecule has 1 unspecified atom stereocenters. The third kappa shape index (κ3) is 4.10. The summed E-state index contributed by atoms with van der Waals surface area (Å²) in [7, 11) is 0. The summed E-state index contributed by atoms with van der Waals surface area (Å²) in [6, 6.07) is 0. The van der Waals surface area contributed by atoms with Crippen LogP contribution in [0.15, 0.2) is 0 Å². The molecule has 74 valence electrons. The van der Waals surface area contributed by atoms with Crippen LogP contribution in [0.1, 0.15) is 53.9 Å². The number of hydrogen-bond donors (Lipinski definition) is 0. The Hall–Kier alpha value is -0.0400. The normalized spacial score (nSPS) is 24.2. The van der Waals surface area contributed by atoms with Gasteiger partial charge in [-0.05, 0) is 24.7 Å². The van der Waals surface area contributed by atoms with Crippen molar-refractivity contribution in [3.63, 3.8) is 0 Å². The van der Waals surface area contributed by atoms with E-state index >= 15 is 0 Å². The van der Waals surface area contributed by atoms with Crippen molar-refractivity contribution >= 4 is 0 Å². The zero-order valence-corrected chi connectivity index (χ0v) is 9.31. The Morgan fingerprint density at radius 3 is 1.92 bits per heavy atom. The molecule has 1 nitrogen and oxygen atoms in total. The van der Waals surface area contributed by atoms with Crippen molar-refractivity contribution in [3.05, 3.63) is 0 Å². The van der Waals surface area contributed by atoms with Gasteiger partial charge in [0.05, 0.1) is 6.10 Å². The minimum atomic E-state index is 0.348. The second kappa shape index (κ2) is 5.58. The standard InChI is InChI=1S/C9H18O.C2H6/c1-9(2,3)8-6-4-5-7-10-8;1-2/h8H,4-7H2,1-3H3;1-2H3. The Morgan fingerprint density at radius 2 is 1.67 bits per heavy atom. The number of rotatable bonds is 0. The molecule has 1 aliphatic heterocycles. The van der Waals surface area contributed by atoms with Gasteiger partial charge in [0, 0.05) is 6.61 Å². The van der Waals surface area contributed by atoms with Gasteiger partial charge in [-0.2, -0.15) is 0 Å². The molecular formula is C11H24O. The first kappa shape index (κ1) is 12.0. The molecule has 0 aliphatic carbocycles. The summed E-state index contributed by atoms with van der Waals surface area (Å²) >= 11 is 0. The molecule has 0 aromatic carbocycles. The molecule has 0 saturated carbocycles. The predicted octanol–water partition coefficient (Wildman–Crippen LogP) is 3.63. The van der Waals surface area contributed by atoms with E-state index in [4.69, 9.17) is 4.74 Å². The fraction of sp³-hybridized carbons (Fsp3) is 1.00. The predicted molar refractivity (Wildman–Crippen MR) is 54.4 cm³/mol. The average Bonchev–Trinajstić information content (AvgIpc) is 2.08. The third-order valence-corrected chi connectivity index (χ3v) is 2.15. The van der Waals surface area contributed by atoms with Crippen LogP contribution in [0.25, 0.3) is 0 Å². The van der Waals surface area contributed by atoms with E-state index in [0.717, 1.165) is 6.61 Å². The van der Waals surface area contributed by atoms with Crippen LogP contribution in [-0.4, -0.2) is 12.7 Å². The van der Waals surface area contributed by atoms with E-state index < -0.39 is 0 Å². The summed E-state index contributed by atoms with van der Waals surface area (Å²) in [6.45, 7) is 11.7. The summed E-state index contributed by atoms with van der Waals surface area (Å²) in [4.78, 5) is 0. The maximum atomic E-state index is 5.64. The van der Waals surface area contributed by atoms with E-state index in [1.54, 1.807) is 0 Å². The smallest absolute Gasteiger partial charge is 0.0623 e. The lowest BCUT2D eigenvalue weighted by atomic mass is 9.85. The van der Waals surface area contributed by atoms with Crippen LogP contribution in [0.3, 0.4) is 0 Å². The van der Waals surface area contributed by atoms with Gasteiger partial charge in [-0.25, -0.2) is 0 Å². The summed E-state index contributed by atoms with van der Waals surface area (Å²) in [5.41, 5.74) is 0.348. The Kier molecular flexibility index (Phi) is 5.56. The van der Waals surface area contributed by atoms with Gasteiger partial charge in [0.25, 0.3) is 0 Å². The van der Waals surface area contributed by atoms with Crippen LogP contribution in [0.2, 0.25) is 0 Å². The monoisotopic (exact) mass is 172 g/mol. The molecule has 1 heteroatoms. The van der Waals surface area contributed by atoms with Gasteiger partial charge in [0.2, 0.25) is 0 Å². The molecule has 1 fully saturated rings. The first-order valence-corrected chi connectivity index (χ1v) is 5.22. The van der Waals surface area contributed by atoms with E-state index in [1.165, 1.54) is 19.3 Å². The molecule has 1 saturated heterocycles. The minimum Gasteiger partial charge on any atom is -0.378 e. The van der Waals surface area contributed by atoms with Crippen molar-refractivity contribution in [2.24, 2.45) is 5.41 Å². The first-order chi connectivity index (χ1) is 5.61. The Labute approximate surface area is 77.5 Å². The zero-order chi connectivity index (χ0) is 9.61. The highest BCUT2D eigenvalue weighted by atomic mass is 16.5. The first-order valence-electron chi connectivity index (χ1n) is 5.22. The Balaban J connectivity index is 0.000000561. The largest absolute Gasteiger partial charge is 0.378 e. The van der Waals surface area contributed by atoms with Gasteiger partial charge >= 0.3 is 0 Å². The van der Waals surface area contributed by atoms with Crippen molar-refractivity contribution in [1.82, 2.24) is 0 Å². The molecule has 0 radical (unpaired) electrons. The highest BCUT2D eigenvalue weighted by Crippen LogP contribution is 2.29. The molecule has 0 N–H and O–H groups in total. The lowest BCUT2D eigenvalue weighted by molar-refractivity contribution is -0.0474. The van der Waals surface area contributed by atoms with Gasteiger partial charge in [-0.3, -0.25) is 0 Å². The van der Waals surface area contributed by atoms with Crippen LogP contribution in [0.5, 0.6) is 0 Å². The molecule has 1 rings (SSSR count). The van der Waals surface area contributed by atoms with Gasteiger partial charge in [0.1, 0.15) is 0 Å². The zero-order valence-electron chi connectivity index (χ0n) is 9.31. The maximum absolute atomic E-state index is 5.64. The second-order valence-electron chi connectivity index (χ2n) is 4.22. The molecule has 0 aromatic heterocycles. The molecule has 0 bridgehead atoms. The highest BCUT2D eigenvalue weighted by molar-refractivity contribution is 4.76. The Morgan fingerprint density at radius 1 is 1.08 bits per heavy atom. The van der Waals surface area contributed by atoms with Gasteiger partial charge in [-0.1, -0.05) is 34.6 Å². The SMILES string of the molecule is CC.CC(C)(C)C1CCCCO1. The molecule has 1 atom stereocenters. The van der Waals surface area contributed by atoms with E-state index in [9.17, 15) is 0 Å². The fourth-order valence-corrected chi connectivity index (χ4v) is 1.42. The number of ether oxygens (including phenoxy) is 1. The van der Waals surface area contributed by atoms with Crippen molar-refractivity contribution in [1.29, 1.82) is 0 Å².